The van der Waals surface area contributed by atoms with Gasteiger partial charge in [-0.1, -0.05) is 48.0 Å². The number of hydrogen-bond acceptors (Lipinski definition) is 2. The molecule has 1 N–H and O–H groups in total. The highest BCUT2D eigenvalue weighted by Gasteiger charge is 2.13. The third-order valence-electron chi connectivity index (χ3n) is 2.77. The normalized spacial score (nSPS) is 10.9. The fourth-order valence-corrected chi connectivity index (χ4v) is 2.01. The van der Waals surface area contributed by atoms with E-state index >= 15 is 0 Å². The van der Waals surface area contributed by atoms with Gasteiger partial charge in [0, 0.05) is 10.6 Å². The van der Waals surface area contributed by atoms with Crippen LogP contribution in [-0.4, -0.2) is 11.1 Å². The Kier molecular flexibility index (Phi) is 4.19. The van der Waals surface area contributed by atoms with Crippen molar-refractivity contribution >= 4 is 29.2 Å². The summed E-state index contributed by atoms with van der Waals surface area (Å²) < 4.78 is 0. The van der Waals surface area contributed by atoms with Gasteiger partial charge in [0.2, 0.25) is 0 Å². The van der Waals surface area contributed by atoms with Crippen LogP contribution in [0.1, 0.15) is 21.5 Å². The average Bonchev–Trinajstić information content (AvgIpc) is 2.46. The molecule has 0 atom stereocenters. The van der Waals surface area contributed by atoms with E-state index < -0.39 is 5.97 Å². The van der Waals surface area contributed by atoms with Crippen molar-refractivity contribution in [1.29, 1.82) is 5.26 Å². The molecule has 20 heavy (non-hydrogen) atoms. The Morgan fingerprint density at radius 2 is 1.70 bits per heavy atom. The molecule has 2 rings (SSSR count). The van der Waals surface area contributed by atoms with Crippen molar-refractivity contribution in [3.8, 4) is 6.07 Å². The molecule has 0 radical (unpaired) electrons. The number of hydrogen-bond donors (Lipinski definition) is 1. The number of nitriles is 1. The third kappa shape index (κ3) is 2.87. The van der Waals surface area contributed by atoms with Gasteiger partial charge >= 0.3 is 5.97 Å². The molecule has 0 amide bonds. The minimum Gasteiger partial charge on any atom is -0.478 e. The van der Waals surface area contributed by atoms with Crippen molar-refractivity contribution in [3.05, 3.63) is 70.2 Å². The molecule has 98 valence electrons. The van der Waals surface area contributed by atoms with E-state index in [1.807, 2.05) is 6.07 Å². The lowest BCUT2D eigenvalue weighted by Gasteiger charge is -2.05. The molecule has 3 nitrogen and oxygen atoms in total. The first-order valence-corrected chi connectivity index (χ1v) is 6.20. The molecular weight excluding hydrogens is 274 g/mol. The van der Waals surface area contributed by atoms with Crippen LogP contribution < -0.4 is 0 Å². The maximum Gasteiger partial charge on any atom is 0.336 e. The summed E-state index contributed by atoms with van der Waals surface area (Å²) >= 11 is 6.04. The van der Waals surface area contributed by atoms with Gasteiger partial charge in [0.05, 0.1) is 17.2 Å². The zero-order chi connectivity index (χ0) is 14.5. The van der Waals surface area contributed by atoms with Gasteiger partial charge in [0.1, 0.15) is 0 Å². The van der Waals surface area contributed by atoms with Crippen LogP contribution in [0.25, 0.3) is 11.6 Å². The molecule has 0 saturated heterocycles. The van der Waals surface area contributed by atoms with E-state index in [1.54, 1.807) is 48.5 Å². The van der Waals surface area contributed by atoms with Crippen LogP contribution in [0.5, 0.6) is 0 Å². The summed E-state index contributed by atoms with van der Waals surface area (Å²) in [6.45, 7) is 0. The second-order valence-electron chi connectivity index (χ2n) is 4.04. The van der Waals surface area contributed by atoms with Crippen LogP contribution >= 0.6 is 11.6 Å². The van der Waals surface area contributed by atoms with E-state index in [-0.39, 0.29) is 11.1 Å². The Balaban J connectivity index is 2.58. The Labute approximate surface area is 121 Å². The fourth-order valence-electron chi connectivity index (χ4n) is 1.82. The minimum atomic E-state index is -1.07. The number of carboxylic acids is 1. The summed E-state index contributed by atoms with van der Waals surface area (Å²) in [6.07, 6.45) is 1.59. The van der Waals surface area contributed by atoms with Crippen molar-refractivity contribution in [2.45, 2.75) is 0 Å². The molecule has 0 saturated carbocycles. The molecule has 2 aromatic rings. The molecule has 0 heterocycles. The number of carboxylic acid groups (broad SMARTS) is 1. The van der Waals surface area contributed by atoms with Gasteiger partial charge < -0.3 is 5.11 Å². The van der Waals surface area contributed by atoms with E-state index in [2.05, 4.69) is 0 Å². The number of nitrogens with zero attached hydrogens (tertiary/aromatic N) is 1. The summed E-state index contributed by atoms with van der Waals surface area (Å²) in [7, 11) is 0. The first-order chi connectivity index (χ1) is 9.63. The van der Waals surface area contributed by atoms with Crippen molar-refractivity contribution in [1.82, 2.24) is 0 Å². The molecule has 0 spiro atoms. The lowest BCUT2D eigenvalue weighted by molar-refractivity contribution is 0.0696. The average molecular weight is 284 g/mol. The molecule has 2 aromatic carbocycles. The number of aromatic carboxylic acids is 1. The van der Waals surface area contributed by atoms with Crippen LogP contribution in [0.3, 0.4) is 0 Å². The quantitative estimate of drug-likeness (QED) is 0.681. The summed E-state index contributed by atoms with van der Waals surface area (Å²) in [4.78, 5) is 11.2. The zero-order valence-corrected chi connectivity index (χ0v) is 11.1. The number of allylic oxidation sites excluding steroid dienone is 1. The summed E-state index contributed by atoms with van der Waals surface area (Å²) in [5, 5.41) is 19.0. The van der Waals surface area contributed by atoms with Crippen LogP contribution in [-0.2, 0) is 0 Å². The predicted molar refractivity (Wildman–Crippen MR) is 78.3 cm³/mol. The molecular formula is C16H10ClNO2. The first kappa shape index (κ1) is 13.9. The van der Waals surface area contributed by atoms with E-state index in [9.17, 15) is 10.1 Å². The minimum absolute atomic E-state index is 0.0901. The highest BCUT2D eigenvalue weighted by atomic mass is 35.5. The van der Waals surface area contributed by atoms with E-state index in [4.69, 9.17) is 16.7 Å². The molecule has 0 aliphatic carbocycles. The van der Waals surface area contributed by atoms with Gasteiger partial charge in [-0.15, -0.1) is 0 Å². The molecule has 0 aliphatic heterocycles. The van der Waals surface area contributed by atoms with Gasteiger partial charge in [0.25, 0.3) is 0 Å². The fraction of sp³-hybridized carbons (Fsp3) is 0. The zero-order valence-electron chi connectivity index (χ0n) is 10.4. The largest absolute Gasteiger partial charge is 0.478 e. The van der Waals surface area contributed by atoms with E-state index in [0.717, 1.165) is 0 Å². The molecule has 4 heteroatoms. The van der Waals surface area contributed by atoms with Crippen molar-refractivity contribution in [2.75, 3.05) is 0 Å². The van der Waals surface area contributed by atoms with Crippen LogP contribution in [0.2, 0.25) is 5.02 Å². The molecule has 0 unspecified atom stereocenters. The van der Waals surface area contributed by atoms with E-state index in [1.165, 1.54) is 6.07 Å². The highest BCUT2D eigenvalue weighted by Crippen LogP contribution is 2.24. The SMILES string of the molecule is N#C/C(=C/c1ccccc1Cl)c1ccccc1C(=O)O. The van der Waals surface area contributed by atoms with Gasteiger partial charge in [-0.25, -0.2) is 4.79 Å². The topological polar surface area (TPSA) is 61.1 Å². The highest BCUT2D eigenvalue weighted by molar-refractivity contribution is 6.32. The number of rotatable bonds is 3. The second-order valence-corrected chi connectivity index (χ2v) is 4.45. The Bertz CT molecular complexity index is 729. The van der Waals surface area contributed by atoms with Crippen molar-refractivity contribution in [2.24, 2.45) is 0 Å². The van der Waals surface area contributed by atoms with Gasteiger partial charge in [-0.3, -0.25) is 0 Å². The first-order valence-electron chi connectivity index (χ1n) is 5.82. The lowest BCUT2D eigenvalue weighted by Crippen LogP contribution is -2.01. The van der Waals surface area contributed by atoms with E-state index in [0.29, 0.717) is 16.1 Å². The molecule has 0 bridgehead atoms. The second kappa shape index (κ2) is 6.05. The molecule has 0 aliphatic rings. The Morgan fingerprint density at radius 3 is 2.30 bits per heavy atom. The molecule has 0 fully saturated rings. The van der Waals surface area contributed by atoms with Gasteiger partial charge in [-0.2, -0.15) is 5.26 Å². The number of carbonyl (C=O) groups is 1. The smallest absolute Gasteiger partial charge is 0.336 e. The summed E-state index contributed by atoms with van der Waals surface area (Å²) in [6, 6.07) is 15.5. The summed E-state index contributed by atoms with van der Waals surface area (Å²) in [5.41, 5.74) is 1.40. The van der Waals surface area contributed by atoms with Crippen LogP contribution in [0.4, 0.5) is 0 Å². The van der Waals surface area contributed by atoms with Crippen molar-refractivity contribution < 1.29 is 9.90 Å². The Morgan fingerprint density at radius 1 is 1.10 bits per heavy atom. The van der Waals surface area contributed by atoms with Crippen molar-refractivity contribution in [3.63, 3.8) is 0 Å². The summed E-state index contributed by atoms with van der Waals surface area (Å²) in [5.74, 6) is -1.07. The van der Waals surface area contributed by atoms with Crippen LogP contribution in [0, 0.1) is 11.3 Å². The lowest BCUT2D eigenvalue weighted by atomic mass is 9.98. The maximum absolute atomic E-state index is 11.2. The number of benzene rings is 2. The number of halogens is 1. The van der Waals surface area contributed by atoms with Gasteiger partial charge in [-0.05, 0) is 23.8 Å². The molecule has 0 aromatic heterocycles. The maximum atomic E-state index is 11.2. The standard InChI is InChI=1S/C16H10ClNO2/c17-15-8-4-1-5-11(15)9-12(10-18)13-6-2-3-7-14(13)16(19)20/h1-9H,(H,19,20)/b12-9-. The predicted octanol–water partition coefficient (Wildman–Crippen LogP) is 4.10. The van der Waals surface area contributed by atoms with Gasteiger partial charge in [0.15, 0.2) is 0 Å². The van der Waals surface area contributed by atoms with Crippen LogP contribution in [0.15, 0.2) is 48.5 Å². The Hall–Kier alpha value is -2.57. The monoisotopic (exact) mass is 283 g/mol. The third-order valence-corrected chi connectivity index (χ3v) is 3.12.